The van der Waals surface area contributed by atoms with Crippen molar-refractivity contribution in [2.24, 2.45) is 16.5 Å². The van der Waals surface area contributed by atoms with Crippen molar-refractivity contribution in [3.05, 3.63) is 29.5 Å². The summed E-state index contributed by atoms with van der Waals surface area (Å²) in [5, 5.41) is 66.2. The van der Waals surface area contributed by atoms with Crippen LogP contribution in [0, 0.1) is 0 Å². The average molecular weight is 724 g/mol. The molecule has 278 valence electrons. The van der Waals surface area contributed by atoms with Gasteiger partial charge in [0.2, 0.25) is 17.7 Å². The second kappa shape index (κ2) is 18.4. The first-order chi connectivity index (χ1) is 23.8. The predicted octanol–water partition coefficient (Wildman–Crippen LogP) is -3.62. The van der Waals surface area contributed by atoms with E-state index in [-0.39, 0.29) is 35.9 Å². The van der Waals surface area contributed by atoms with Gasteiger partial charge < -0.3 is 68.1 Å². The number of aromatic hydroxyl groups is 1. The number of carboxylic acids is 4. The molecule has 1 saturated heterocycles. The van der Waals surface area contributed by atoms with Gasteiger partial charge in [-0.25, -0.2) is 14.4 Å². The molecule has 4 atom stereocenters. The smallest absolute Gasteiger partial charge is 0.336 e. The first kappa shape index (κ1) is 40.7. The number of piperazine rings is 1. The fourth-order valence-electron chi connectivity index (χ4n) is 4.44. The zero-order valence-electron chi connectivity index (χ0n) is 26.7. The van der Waals surface area contributed by atoms with Crippen LogP contribution < -0.4 is 37.5 Å². The molecule has 1 aliphatic rings. The van der Waals surface area contributed by atoms with E-state index in [2.05, 4.69) is 15.6 Å². The zero-order chi connectivity index (χ0) is 38.5. The number of phenols is 1. The van der Waals surface area contributed by atoms with Crippen LogP contribution in [-0.4, -0.2) is 121 Å². The normalized spacial score (nSPS) is 17.0. The van der Waals surface area contributed by atoms with Crippen LogP contribution in [0.1, 0.15) is 44.1 Å². The summed E-state index contributed by atoms with van der Waals surface area (Å²) in [5.41, 5.74) is 7.52. The number of nitrogens with one attached hydrogen (secondary N) is 4. The summed E-state index contributed by atoms with van der Waals surface area (Å²) in [5.74, 6) is -11.6. The molecular weight excluding hydrogens is 686 g/mol. The maximum Gasteiger partial charge on any atom is 0.336 e. The van der Waals surface area contributed by atoms with Crippen molar-refractivity contribution in [2.45, 2.75) is 62.3 Å². The van der Waals surface area contributed by atoms with Crippen molar-refractivity contribution < 1.29 is 73.7 Å². The highest BCUT2D eigenvalue weighted by Gasteiger charge is 2.42. The fraction of sp³-hybridized carbons (Fsp3) is 0.414. The molecule has 0 bridgehead atoms. The van der Waals surface area contributed by atoms with Crippen molar-refractivity contribution in [3.63, 3.8) is 0 Å². The molecule has 0 saturated carbocycles. The average Bonchev–Trinajstić information content (AvgIpc) is 3.01. The van der Waals surface area contributed by atoms with E-state index in [0.29, 0.717) is 6.42 Å². The molecule has 4 unspecified atom stereocenters. The number of carboxylic acid groups (broad SMARTS) is 4. The Labute approximate surface area is 287 Å². The summed E-state index contributed by atoms with van der Waals surface area (Å²) in [6.07, 6.45) is -2.34. The van der Waals surface area contributed by atoms with Crippen LogP contribution >= 0.6 is 0 Å². The Kier molecular flexibility index (Phi) is 14.7. The Bertz CT molecular complexity index is 1610. The summed E-state index contributed by atoms with van der Waals surface area (Å²) >= 11 is 0. The molecule has 51 heavy (non-hydrogen) atoms. The molecule has 0 aliphatic carbocycles. The van der Waals surface area contributed by atoms with E-state index in [1.54, 1.807) is 5.32 Å². The molecule has 0 aromatic heterocycles. The number of benzene rings is 1. The number of aliphatic imine (C=N–C) groups is 1. The van der Waals surface area contributed by atoms with Gasteiger partial charge in [0.15, 0.2) is 23.1 Å². The van der Waals surface area contributed by atoms with Gasteiger partial charge in [0.05, 0.1) is 25.9 Å². The maximum atomic E-state index is 12.6. The summed E-state index contributed by atoms with van der Waals surface area (Å²) in [7, 11) is 0. The number of hydrogen-bond donors (Lipinski definition) is 12. The van der Waals surface area contributed by atoms with Gasteiger partial charge in [-0.05, 0) is 36.6 Å². The molecule has 1 aromatic rings. The van der Waals surface area contributed by atoms with Crippen molar-refractivity contribution >= 4 is 59.5 Å². The third-order valence-electron chi connectivity index (χ3n) is 6.98. The van der Waals surface area contributed by atoms with Crippen molar-refractivity contribution in [1.82, 2.24) is 21.3 Å². The number of aliphatic carboxylic acids is 4. The van der Waals surface area contributed by atoms with Gasteiger partial charge in [-0.15, -0.1) is 0 Å². The van der Waals surface area contributed by atoms with Crippen LogP contribution in [0.3, 0.4) is 0 Å². The lowest BCUT2D eigenvalue weighted by Crippen LogP contribution is -2.54. The first-order valence-corrected chi connectivity index (χ1v) is 14.9. The highest BCUT2D eigenvalue weighted by molar-refractivity contribution is 6.07. The first-order valence-electron chi connectivity index (χ1n) is 14.9. The lowest BCUT2D eigenvalue weighted by molar-refractivity contribution is -0.165. The van der Waals surface area contributed by atoms with Crippen LogP contribution in [-0.2, 0) is 38.4 Å². The molecular formula is C29H37N7O15. The van der Waals surface area contributed by atoms with Crippen molar-refractivity contribution in [1.29, 1.82) is 0 Å². The van der Waals surface area contributed by atoms with E-state index in [9.17, 15) is 58.8 Å². The Morgan fingerprint density at radius 3 is 2.14 bits per heavy atom. The van der Waals surface area contributed by atoms with Crippen LogP contribution in [0.4, 0.5) is 0 Å². The molecule has 0 radical (unpaired) electrons. The Hall–Kier alpha value is -6.45. The van der Waals surface area contributed by atoms with E-state index in [0.717, 1.165) is 0 Å². The van der Waals surface area contributed by atoms with Gasteiger partial charge in [0, 0.05) is 13.0 Å². The second-order valence-corrected chi connectivity index (χ2v) is 11.1. The molecule has 4 amide bonds. The minimum Gasteiger partial charge on any atom is -0.504 e. The Balaban J connectivity index is 2.02. The SMILES string of the molecule is NC(N)=NCCCC1NC(=O)/C(=C/c2ccc(O)c(OCCC(NC(=O)CC(O)(CC(=O)NC(CC(=O)O)C(=O)O)C(=O)O)C(=O)O)c2)NC1=O. The number of carbonyl (C=O) groups excluding carboxylic acids is 4. The monoisotopic (exact) mass is 723 g/mol. The van der Waals surface area contributed by atoms with E-state index >= 15 is 0 Å². The van der Waals surface area contributed by atoms with Crippen LogP contribution in [0.5, 0.6) is 11.5 Å². The summed E-state index contributed by atoms with van der Waals surface area (Å²) < 4.78 is 5.44. The predicted molar refractivity (Wildman–Crippen MR) is 169 cm³/mol. The molecule has 14 N–H and O–H groups in total. The van der Waals surface area contributed by atoms with Crippen LogP contribution in [0.25, 0.3) is 6.08 Å². The van der Waals surface area contributed by atoms with Crippen molar-refractivity contribution in [3.8, 4) is 11.5 Å². The number of nitrogens with zero attached hydrogens (tertiary/aromatic N) is 1. The molecule has 0 spiro atoms. The lowest BCUT2D eigenvalue weighted by Gasteiger charge is -2.25. The molecule has 1 aliphatic heterocycles. The molecule has 22 heteroatoms. The van der Waals surface area contributed by atoms with Crippen LogP contribution in [0.2, 0.25) is 0 Å². The standard InChI is InChI=1S/C29H37N7O15/c30-28(31)32-6-1-2-14-23(42)36-16(24(43)35-14)8-13-3-4-18(37)19(9-13)51-7-5-15(25(44)45)33-20(38)11-29(50,27(48)49)12-21(39)34-17(26(46)47)10-22(40)41/h3-4,8-9,14-15,17,37,50H,1-2,5-7,10-12H2,(H,33,38)(H,34,39)(H,35,43)(H,36,42)(H,40,41)(H,44,45)(H,46,47)(H,48,49)(H4,30,31,32)/b16-8-. The Morgan fingerprint density at radius 1 is 0.980 bits per heavy atom. The summed E-state index contributed by atoms with van der Waals surface area (Å²) in [6, 6.07) is -0.706. The maximum absolute atomic E-state index is 12.6. The molecule has 22 nitrogen and oxygen atoms in total. The number of aliphatic hydroxyl groups is 1. The van der Waals surface area contributed by atoms with E-state index < -0.39 is 109 Å². The van der Waals surface area contributed by atoms with E-state index in [1.807, 2.05) is 5.32 Å². The van der Waals surface area contributed by atoms with Crippen molar-refractivity contribution in [2.75, 3.05) is 13.2 Å². The number of hydrogen-bond acceptors (Lipinski definition) is 12. The molecule has 2 rings (SSSR count). The van der Waals surface area contributed by atoms with Gasteiger partial charge in [-0.3, -0.25) is 29.0 Å². The highest BCUT2D eigenvalue weighted by atomic mass is 16.5. The number of phenolic OH excluding ortho intramolecular Hbond substituents is 1. The third kappa shape index (κ3) is 13.2. The van der Waals surface area contributed by atoms with Gasteiger partial charge in [0.25, 0.3) is 5.91 Å². The minimum absolute atomic E-state index is 0.107. The van der Waals surface area contributed by atoms with E-state index in [1.165, 1.54) is 24.3 Å². The lowest BCUT2D eigenvalue weighted by atomic mass is 9.94. The highest BCUT2D eigenvalue weighted by Crippen LogP contribution is 2.28. The number of carbonyl (C=O) groups is 8. The fourth-order valence-corrected chi connectivity index (χ4v) is 4.44. The van der Waals surface area contributed by atoms with Crippen LogP contribution in [0.15, 0.2) is 28.9 Å². The zero-order valence-corrected chi connectivity index (χ0v) is 26.7. The molecule has 1 aromatic carbocycles. The quantitative estimate of drug-likeness (QED) is 0.0267. The third-order valence-corrected chi connectivity index (χ3v) is 6.98. The molecule has 1 fully saturated rings. The topological polar surface area (TPSA) is 380 Å². The van der Waals surface area contributed by atoms with Gasteiger partial charge in [-0.1, -0.05) is 6.07 Å². The summed E-state index contributed by atoms with van der Waals surface area (Å²) in [4.78, 5) is 99.1. The van der Waals surface area contributed by atoms with Gasteiger partial charge in [-0.2, -0.15) is 0 Å². The minimum atomic E-state index is -3.15. The Morgan fingerprint density at radius 2 is 1.59 bits per heavy atom. The van der Waals surface area contributed by atoms with Gasteiger partial charge >= 0.3 is 23.9 Å². The number of guanidine groups is 1. The number of nitrogens with two attached hydrogens (primary N) is 2. The van der Waals surface area contributed by atoms with Gasteiger partial charge in [0.1, 0.15) is 23.8 Å². The van der Waals surface area contributed by atoms with E-state index in [4.69, 9.17) is 26.4 Å². The number of amides is 4. The summed E-state index contributed by atoms with van der Waals surface area (Å²) in [6.45, 7) is -0.208. The second-order valence-electron chi connectivity index (χ2n) is 11.1. The molecule has 1 heterocycles. The number of rotatable bonds is 20. The number of ether oxygens (including phenoxy) is 1. The largest absolute Gasteiger partial charge is 0.504 e.